The van der Waals surface area contributed by atoms with Crippen LogP contribution in [-0.4, -0.2) is 66.7 Å². The summed E-state index contributed by atoms with van der Waals surface area (Å²) >= 11 is 0. The highest BCUT2D eigenvalue weighted by Crippen LogP contribution is 2.29. The number of hydrogen-bond donors (Lipinski definition) is 2. The zero-order valence-corrected chi connectivity index (χ0v) is 18.5. The molecular weight excluding hydrogens is 435 g/mol. The summed E-state index contributed by atoms with van der Waals surface area (Å²) in [6.45, 7) is 4.82. The van der Waals surface area contributed by atoms with Crippen molar-refractivity contribution in [1.82, 2.24) is 14.9 Å². The normalized spacial score (nSPS) is 18.2. The molecule has 0 atom stereocenters. The molecule has 180 valence electrons. The Balaban J connectivity index is 1.52. The fraction of sp³-hybridized carbons (Fsp3) is 0.565. The van der Waals surface area contributed by atoms with Crippen LogP contribution in [0.4, 0.5) is 24.9 Å². The van der Waals surface area contributed by atoms with Gasteiger partial charge in [-0.25, -0.2) is 4.98 Å². The third-order valence-corrected chi connectivity index (χ3v) is 5.87. The average molecular weight is 466 g/mol. The van der Waals surface area contributed by atoms with E-state index in [1.54, 1.807) is 12.1 Å². The molecule has 0 radical (unpaired) electrons. The zero-order chi connectivity index (χ0) is 23.1. The topological polar surface area (TPSA) is 71.5 Å². The molecule has 0 spiro atoms. The van der Waals surface area contributed by atoms with E-state index in [0.29, 0.717) is 35.6 Å². The summed E-state index contributed by atoms with van der Waals surface area (Å²) in [5, 5.41) is 6.77. The first kappa shape index (κ1) is 23.6. The summed E-state index contributed by atoms with van der Waals surface area (Å²) in [6, 6.07) is 7.93. The van der Waals surface area contributed by atoms with Gasteiger partial charge >= 0.3 is 6.36 Å². The summed E-state index contributed by atoms with van der Waals surface area (Å²) in [5.74, 6) is 0.839. The van der Waals surface area contributed by atoms with Gasteiger partial charge in [0.2, 0.25) is 5.95 Å². The molecule has 33 heavy (non-hydrogen) atoms. The van der Waals surface area contributed by atoms with E-state index in [1.807, 2.05) is 0 Å². The molecule has 2 aliphatic rings. The van der Waals surface area contributed by atoms with Crippen molar-refractivity contribution in [3.8, 4) is 17.0 Å². The SMILES string of the molecule is FC(F)(F)Oc1cccc(-c2cc(NCCN3CCOCC3)nc(NC3CCCCC3)n2)c1. The molecule has 1 aliphatic heterocycles. The lowest BCUT2D eigenvalue weighted by atomic mass is 9.96. The molecule has 0 unspecified atom stereocenters. The predicted molar refractivity (Wildman–Crippen MR) is 120 cm³/mol. The first-order valence-electron chi connectivity index (χ1n) is 11.5. The molecule has 0 amide bonds. The van der Waals surface area contributed by atoms with E-state index in [2.05, 4.69) is 30.2 Å². The number of ether oxygens (including phenoxy) is 2. The maximum atomic E-state index is 12.7. The molecule has 10 heteroatoms. The second-order valence-electron chi connectivity index (χ2n) is 8.40. The number of benzene rings is 1. The fourth-order valence-electron chi connectivity index (χ4n) is 4.20. The van der Waals surface area contributed by atoms with Crippen molar-refractivity contribution < 1.29 is 22.6 Å². The Hall–Kier alpha value is -2.59. The van der Waals surface area contributed by atoms with Crippen LogP contribution in [-0.2, 0) is 4.74 Å². The number of aromatic nitrogens is 2. The fourth-order valence-corrected chi connectivity index (χ4v) is 4.20. The minimum Gasteiger partial charge on any atom is -0.406 e. The minimum atomic E-state index is -4.75. The van der Waals surface area contributed by atoms with E-state index in [0.717, 1.165) is 45.7 Å². The van der Waals surface area contributed by atoms with Gasteiger partial charge in [-0.2, -0.15) is 4.98 Å². The lowest BCUT2D eigenvalue weighted by Crippen LogP contribution is -2.39. The first-order valence-corrected chi connectivity index (χ1v) is 11.5. The monoisotopic (exact) mass is 465 g/mol. The molecule has 4 rings (SSSR count). The largest absolute Gasteiger partial charge is 0.573 e. The first-order chi connectivity index (χ1) is 15.9. The molecule has 2 heterocycles. The van der Waals surface area contributed by atoms with Crippen molar-refractivity contribution in [3.05, 3.63) is 30.3 Å². The number of nitrogens with one attached hydrogen (secondary N) is 2. The molecule has 1 aromatic heterocycles. The van der Waals surface area contributed by atoms with Gasteiger partial charge in [0.15, 0.2) is 0 Å². The van der Waals surface area contributed by atoms with Crippen LogP contribution in [0.2, 0.25) is 0 Å². The van der Waals surface area contributed by atoms with Crippen LogP contribution in [0.15, 0.2) is 30.3 Å². The van der Waals surface area contributed by atoms with E-state index in [4.69, 9.17) is 4.74 Å². The predicted octanol–water partition coefficient (Wildman–Crippen LogP) is 4.53. The molecule has 1 aromatic carbocycles. The Morgan fingerprint density at radius 2 is 1.85 bits per heavy atom. The van der Waals surface area contributed by atoms with Gasteiger partial charge in [-0.15, -0.1) is 13.2 Å². The average Bonchev–Trinajstić information content (AvgIpc) is 2.79. The molecule has 0 bridgehead atoms. The smallest absolute Gasteiger partial charge is 0.406 e. The van der Waals surface area contributed by atoms with Crippen molar-refractivity contribution in [2.24, 2.45) is 0 Å². The highest BCUT2D eigenvalue weighted by Gasteiger charge is 2.31. The molecule has 2 fully saturated rings. The lowest BCUT2D eigenvalue weighted by Gasteiger charge is -2.26. The quantitative estimate of drug-likeness (QED) is 0.594. The van der Waals surface area contributed by atoms with Crippen LogP contribution >= 0.6 is 0 Å². The number of anilines is 2. The van der Waals surface area contributed by atoms with E-state index in [-0.39, 0.29) is 5.75 Å². The van der Waals surface area contributed by atoms with Crippen LogP contribution in [0.3, 0.4) is 0 Å². The minimum absolute atomic E-state index is 0.276. The summed E-state index contributed by atoms with van der Waals surface area (Å²) < 4.78 is 47.5. The molecule has 1 aliphatic carbocycles. The summed E-state index contributed by atoms with van der Waals surface area (Å²) in [6.07, 6.45) is 0.936. The van der Waals surface area contributed by atoms with Gasteiger partial charge in [0.1, 0.15) is 11.6 Å². The molecule has 2 aromatic rings. The standard InChI is InChI=1S/C23H30F3N5O2/c24-23(25,26)33-19-8-4-5-17(15-19)20-16-21(27-9-10-31-11-13-32-14-12-31)30-22(29-20)28-18-6-2-1-3-7-18/h4-5,8,15-16,18H,1-3,6-7,9-14H2,(H2,27,28,29,30). The van der Waals surface area contributed by atoms with Crippen molar-refractivity contribution in [3.63, 3.8) is 0 Å². The molecule has 2 N–H and O–H groups in total. The van der Waals surface area contributed by atoms with E-state index in [1.165, 1.54) is 37.5 Å². The maximum Gasteiger partial charge on any atom is 0.573 e. The molecule has 1 saturated heterocycles. The molecule has 1 saturated carbocycles. The van der Waals surface area contributed by atoms with Gasteiger partial charge in [0.25, 0.3) is 0 Å². The van der Waals surface area contributed by atoms with Gasteiger partial charge in [-0.3, -0.25) is 4.90 Å². The van der Waals surface area contributed by atoms with Gasteiger partial charge in [-0.05, 0) is 25.0 Å². The van der Waals surface area contributed by atoms with Crippen LogP contribution in [0.1, 0.15) is 32.1 Å². The van der Waals surface area contributed by atoms with Crippen molar-refractivity contribution >= 4 is 11.8 Å². The number of halogens is 3. The highest BCUT2D eigenvalue weighted by atomic mass is 19.4. The number of alkyl halides is 3. The second kappa shape index (κ2) is 11.0. The van der Waals surface area contributed by atoms with Gasteiger partial charge in [-0.1, -0.05) is 31.4 Å². The lowest BCUT2D eigenvalue weighted by molar-refractivity contribution is -0.274. The summed E-state index contributed by atoms with van der Waals surface area (Å²) in [7, 11) is 0. The zero-order valence-electron chi connectivity index (χ0n) is 18.5. The van der Waals surface area contributed by atoms with E-state index < -0.39 is 6.36 Å². The second-order valence-corrected chi connectivity index (χ2v) is 8.40. The van der Waals surface area contributed by atoms with E-state index in [9.17, 15) is 13.2 Å². The maximum absolute atomic E-state index is 12.7. The van der Waals surface area contributed by atoms with E-state index >= 15 is 0 Å². The van der Waals surface area contributed by atoms with Crippen molar-refractivity contribution in [1.29, 1.82) is 0 Å². The van der Waals surface area contributed by atoms with Gasteiger partial charge < -0.3 is 20.1 Å². The third-order valence-electron chi connectivity index (χ3n) is 5.87. The third kappa shape index (κ3) is 7.46. The Morgan fingerprint density at radius 3 is 2.61 bits per heavy atom. The number of nitrogens with zero attached hydrogens (tertiary/aromatic N) is 3. The Bertz CT molecular complexity index is 900. The number of morpholine rings is 1. The Labute approximate surface area is 191 Å². The highest BCUT2D eigenvalue weighted by molar-refractivity contribution is 5.66. The molecular formula is C23H30F3N5O2. The van der Waals surface area contributed by atoms with Gasteiger partial charge in [0, 0.05) is 43.9 Å². The molecule has 7 nitrogen and oxygen atoms in total. The Morgan fingerprint density at radius 1 is 1.06 bits per heavy atom. The van der Waals surface area contributed by atoms with Crippen LogP contribution in [0.5, 0.6) is 5.75 Å². The van der Waals surface area contributed by atoms with Crippen LogP contribution in [0, 0.1) is 0 Å². The van der Waals surface area contributed by atoms with Gasteiger partial charge in [0.05, 0.1) is 18.9 Å². The van der Waals surface area contributed by atoms with Crippen LogP contribution < -0.4 is 15.4 Å². The van der Waals surface area contributed by atoms with Crippen molar-refractivity contribution in [2.45, 2.75) is 44.5 Å². The van der Waals surface area contributed by atoms with Crippen molar-refractivity contribution in [2.75, 3.05) is 50.0 Å². The Kier molecular flexibility index (Phi) is 7.87. The van der Waals surface area contributed by atoms with Crippen LogP contribution in [0.25, 0.3) is 11.3 Å². The summed E-state index contributed by atoms with van der Waals surface area (Å²) in [5.41, 5.74) is 1.06. The number of hydrogen-bond acceptors (Lipinski definition) is 7. The number of rotatable bonds is 8. The summed E-state index contributed by atoms with van der Waals surface area (Å²) in [4.78, 5) is 11.6.